The lowest BCUT2D eigenvalue weighted by atomic mass is 9.89. The van der Waals surface area contributed by atoms with Crippen LogP contribution in [0, 0.1) is 5.92 Å². The maximum Gasteiger partial charge on any atom is 0.115 e. The van der Waals surface area contributed by atoms with Crippen LogP contribution in [0.15, 0.2) is 23.1 Å². The predicted octanol–water partition coefficient (Wildman–Crippen LogP) is 5.40. The van der Waals surface area contributed by atoms with Crippen LogP contribution in [0.3, 0.4) is 0 Å². The van der Waals surface area contributed by atoms with Crippen molar-refractivity contribution < 1.29 is 4.74 Å². The quantitative estimate of drug-likeness (QED) is 0.721. The third kappa shape index (κ3) is 3.54. The lowest BCUT2D eigenvalue weighted by molar-refractivity contribution is 0.0611. The van der Waals surface area contributed by atoms with Gasteiger partial charge in [0, 0.05) is 30.1 Å². The standard InChI is InChI=1S/C18H25ClN2OS/c1-4-18(2,3)17-20-15-11-14(23-19)5-6-16(15)21(17)12-13-7-9-22-10-8-13/h5-6,11,13H,4,7-10,12H2,1-3H3. The van der Waals surface area contributed by atoms with E-state index in [2.05, 4.69) is 43.5 Å². The first kappa shape index (κ1) is 17.1. The molecular formula is C18H25ClN2OS. The smallest absolute Gasteiger partial charge is 0.115 e. The number of aromatic nitrogens is 2. The molecule has 0 N–H and O–H groups in total. The SMILES string of the molecule is CCC(C)(C)c1nc2cc(SCl)ccc2n1CC1CCOCC1. The van der Waals surface area contributed by atoms with Crippen molar-refractivity contribution in [2.24, 2.45) is 5.92 Å². The van der Waals surface area contributed by atoms with Gasteiger partial charge in [0.25, 0.3) is 0 Å². The summed E-state index contributed by atoms with van der Waals surface area (Å²) in [5.41, 5.74) is 2.35. The lowest BCUT2D eigenvalue weighted by Crippen LogP contribution is -2.26. The molecule has 1 aliphatic heterocycles. The van der Waals surface area contributed by atoms with Crippen molar-refractivity contribution in [1.29, 1.82) is 0 Å². The number of benzene rings is 1. The molecule has 5 heteroatoms. The summed E-state index contributed by atoms with van der Waals surface area (Å²) in [6.45, 7) is 9.61. The highest BCUT2D eigenvalue weighted by Crippen LogP contribution is 2.33. The summed E-state index contributed by atoms with van der Waals surface area (Å²) in [6.07, 6.45) is 3.35. The lowest BCUT2D eigenvalue weighted by Gasteiger charge is -2.27. The van der Waals surface area contributed by atoms with Crippen molar-refractivity contribution >= 4 is 32.7 Å². The molecule has 0 bridgehead atoms. The summed E-state index contributed by atoms with van der Waals surface area (Å²) in [7, 11) is 7.17. The first-order chi connectivity index (χ1) is 11.0. The molecular weight excluding hydrogens is 328 g/mol. The number of fused-ring (bicyclic) bond motifs is 1. The van der Waals surface area contributed by atoms with Crippen LogP contribution in [-0.2, 0) is 16.7 Å². The fraction of sp³-hybridized carbons (Fsp3) is 0.611. The molecule has 0 aliphatic carbocycles. The highest BCUT2D eigenvalue weighted by Gasteiger charge is 2.27. The van der Waals surface area contributed by atoms with E-state index in [1.165, 1.54) is 22.3 Å². The molecule has 126 valence electrons. The van der Waals surface area contributed by atoms with Crippen molar-refractivity contribution in [1.82, 2.24) is 9.55 Å². The third-order valence-corrected chi connectivity index (χ3v) is 6.05. The molecule has 23 heavy (non-hydrogen) atoms. The van der Waals surface area contributed by atoms with Gasteiger partial charge < -0.3 is 9.30 Å². The maximum atomic E-state index is 5.91. The second kappa shape index (κ2) is 7.04. The fourth-order valence-corrected chi connectivity index (χ4v) is 3.77. The summed E-state index contributed by atoms with van der Waals surface area (Å²) in [4.78, 5) is 6.04. The van der Waals surface area contributed by atoms with Crippen molar-refractivity contribution in [3.63, 3.8) is 0 Å². The molecule has 0 atom stereocenters. The van der Waals surface area contributed by atoms with E-state index in [0.717, 1.165) is 49.4 Å². The number of nitrogens with zero attached hydrogens (tertiary/aromatic N) is 2. The molecule has 1 aliphatic rings. The summed E-state index contributed by atoms with van der Waals surface area (Å²) in [5, 5.41) is 0. The molecule has 1 fully saturated rings. The Kier molecular flexibility index (Phi) is 5.24. The van der Waals surface area contributed by atoms with Gasteiger partial charge in [0.15, 0.2) is 0 Å². The van der Waals surface area contributed by atoms with Crippen molar-refractivity contribution in [3.05, 3.63) is 24.0 Å². The van der Waals surface area contributed by atoms with Crippen LogP contribution in [0.2, 0.25) is 0 Å². The van der Waals surface area contributed by atoms with Crippen molar-refractivity contribution in [3.8, 4) is 0 Å². The minimum atomic E-state index is 0.0679. The summed E-state index contributed by atoms with van der Waals surface area (Å²) in [5.74, 6) is 1.87. The molecule has 1 aromatic heterocycles. The Morgan fingerprint density at radius 1 is 1.35 bits per heavy atom. The summed E-state index contributed by atoms with van der Waals surface area (Å²) in [6, 6.07) is 6.36. The van der Waals surface area contributed by atoms with Crippen molar-refractivity contribution in [2.45, 2.75) is 56.9 Å². The molecule has 3 nitrogen and oxygen atoms in total. The molecule has 2 heterocycles. The van der Waals surface area contributed by atoms with E-state index >= 15 is 0 Å². The molecule has 1 saturated heterocycles. The normalized spacial score (nSPS) is 17.0. The van der Waals surface area contributed by atoms with E-state index in [9.17, 15) is 0 Å². The van der Waals surface area contributed by atoms with Gasteiger partial charge in [0.1, 0.15) is 5.82 Å². The Morgan fingerprint density at radius 3 is 2.74 bits per heavy atom. The predicted molar refractivity (Wildman–Crippen MR) is 98.3 cm³/mol. The van der Waals surface area contributed by atoms with Gasteiger partial charge >= 0.3 is 0 Å². The highest BCUT2D eigenvalue weighted by molar-refractivity contribution is 8.21. The van der Waals surface area contributed by atoms with Gasteiger partial charge in [0.2, 0.25) is 0 Å². The van der Waals surface area contributed by atoms with Crippen LogP contribution in [0.1, 0.15) is 45.9 Å². The second-order valence-corrected chi connectivity index (χ2v) is 8.16. The van der Waals surface area contributed by atoms with Gasteiger partial charge in [0.05, 0.1) is 11.0 Å². The Labute approximate surface area is 147 Å². The largest absolute Gasteiger partial charge is 0.381 e. The van der Waals surface area contributed by atoms with E-state index in [1.54, 1.807) is 0 Å². The molecule has 0 unspecified atom stereocenters. The third-order valence-electron chi connectivity index (χ3n) is 5.08. The van der Waals surface area contributed by atoms with E-state index in [-0.39, 0.29) is 5.41 Å². The fourth-order valence-electron chi connectivity index (χ4n) is 3.20. The van der Waals surface area contributed by atoms with Gasteiger partial charge in [-0.2, -0.15) is 0 Å². The van der Waals surface area contributed by atoms with Gasteiger partial charge in [-0.15, -0.1) is 0 Å². The Bertz CT molecular complexity index is 677. The van der Waals surface area contributed by atoms with Crippen molar-refractivity contribution in [2.75, 3.05) is 13.2 Å². The van der Waals surface area contributed by atoms with Gasteiger partial charge in [-0.05, 0) is 65.0 Å². The number of halogens is 1. The van der Waals surface area contributed by atoms with E-state index in [1.807, 2.05) is 0 Å². The first-order valence-corrected chi connectivity index (χ1v) is 10.1. The number of ether oxygens (including phenoxy) is 1. The molecule has 0 spiro atoms. The number of hydrogen-bond donors (Lipinski definition) is 0. The van der Waals surface area contributed by atoms with Crippen LogP contribution in [0.25, 0.3) is 11.0 Å². The Morgan fingerprint density at radius 2 is 2.09 bits per heavy atom. The zero-order valence-electron chi connectivity index (χ0n) is 14.1. The van der Waals surface area contributed by atoms with Crippen LogP contribution in [-0.4, -0.2) is 22.8 Å². The number of hydrogen-bond acceptors (Lipinski definition) is 3. The first-order valence-electron chi connectivity index (χ1n) is 8.42. The van der Waals surface area contributed by atoms with Gasteiger partial charge in [-0.25, -0.2) is 4.98 Å². The molecule has 0 amide bonds. The molecule has 3 rings (SSSR count). The average molecular weight is 353 g/mol. The molecule has 1 aromatic carbocycles. The zero-order chi connectivity index (χ0) is 16.4. The van der Waals surface area contributed by atoms with Crippen LogP contribution in [0.4, 0.5) is 0 Å². The van der Waals surface area contributed by atoms with Crippen LogP contribution < -0.4 is 0 Å². The Balaban J connectivity index is 2.05. The van der Waals surface area contributed by atoms with E-state index in [4.69, 9.17) is 20.4 Å². The summed E-state index contributed by atoms with van der Waals surface area (Å²) >= 11 is 0. The molecule has 0 saturated carbocycles. The molecule has 0 radical (unpaired) electrons. The maximum absolute atomic E-state index is 5.91. The highest BCUT2D eigenvalue weighted by atomic mass is 35.7. The minimum Gasteiger partial charge on any atom is -0.381 e. The monoisotopic (exact) mass is 352 g/mol. The van der Waals surface area contributed by atoms with E-state index in [0.29, 0.717) is 5.92 Å². The van der Waals surface area contributed by atoms with Gasteiger partial charge in [-0.1, -0.05) is 20.8 Å². The minimum absolute atomic E-state index is 0.0679. The zero-order valence-corrected chi connectivity index (χ0v) is 15.7. The van der Waals surface area contributed by atoms with E-state index < -0.39 is 0 Å². The van der Waals surface area contributed by atoms with Crippen LogP contribution in [0.5, 0.6) is 0 Å². The molecule has 2 aromatic rings. The second-order valence-electron chi connectivity index (χ2n) is 7.07. The number of rotatable bonds is 5. The van der Waals surface area contributed by atoms with Gasteiger partial charge in [-0.3, -0.25) is 0 Å². The topological polar surface area (TPSA) is 27.1 Å². The average Bonchev–Trinajstić information content (AvgIpc) is 2.94. The number of imidazole rings is 1. The van der Waals surface area contributed by atoms with Crippen LogP contribution >= 0.6 is 21.7 Å². The summed E-state index contributed by atoms with van der Waals surface area (Å²) < 4.78 is 7.96. The Hall–Kier alpha value is -0.710.